The maximum atomic E-state index is 12.5. The number of benzene rings is 1. The molecule has 0 aliphatic rings. The van der Waals surface area contributed by atoms with Crippen LogP contribution >= 0.6 is 11.3 Å². The van der Waals surface area contributed by atoms with E-state index in [0.717, 1.165) is 6.26 Å². The minimum absolute atomic E-state index is 0.113. The summed E-state index contributed by atoms with van der Waals surface area (Å²) in [5.74, 6) is 0.379. The highest BCUT2D eigenvalue weighted by molar-refractivity contribution is 7.90. The zero-order valence-electron chi connectivity index (χ0n) is 12.6. The molecule has 3 aromatic rings. The smallest absolute Gasteiger partial charge is 0.204 e. The van der Waals surface area contributed by atoms with Crippen LogP contribution in [-0.2, 0) is 16.4 Å². The SMILES string of the molecule is CS(=O)(=O)c1cccc(C(=O)c2cnc(NCc3ncn[nH]3)s2)c1. The maximum absolute atomic E-state index is 12.5. The summed E-state index contributed by atoms with van der Waals surface area (Å²) in [5.41, 5.74) is 0.309. The summed E-state index contributed by atoms with van der Waals surface area (Å²) < 4.78 is 23.2. The van der Waals surface area contributed by atoms with E-state index in [9.17, 15) is 13.2 Å². The summed E-state index contributed by atoms with van der Waals surface area (Å²) in [7, 11) is -3.36. The molecule has 124 valence electrons. The first-order valence-corrected chi connectivity index (χ1v) is 9.53. The van der Waals surface area contributed by atoms with Gasteiger partial charge in [-0.15, -0.1) is 0 Å². The van der Waals surface area contributed by atoms with Gasteiger partial charge in [0.15, 0.2) is 15.0 Å². The van der Waals surface area contributed by atoms with Gasteiger partial charge in [0.25, 0.3) is 0 Å². The topological polar surface area (TPSA) is 118 Å². The summed E-state index contributed by atoms with van der Waals surface area (Å²) in [6.45, 7) is 0.407. The van der Waals surface area contributed by atoms with Gasteiger partial charge in [-0.05, 0) is 12.1 Å². The number of thiazole rings is 1. The van der Waals surface area contributed by atoms with Gasteiger partial charge in [-0.2, -0.15) is 5.10 Å². The van der Waals surface area contributed by atoms with Crippen molar-refractivity contribution < 1.29 is 13.2 Å². The standard InChI is InChI=1S/C14H13N5O3S2/c1-24(21,22)10-4-2-3-9(5-10)13(20)11-6-15-14(23-11)16-7-12-17-8-18-19-12/h2-6,8H,7H2,1H3,(H,15,16)(H,17,18,19). The molecule has 0 saturated carbocycles. The lowest BCUT2D eigenvalue weighted by atomic mass is 10.1. The van der Waals surface area contributed by atoms with Crippen molar-refractivity contribution in [2.45, 2.75) is 11.4 Å². The fourth-order valence-corrected chi connectivity index (χ4v) is 3.39. The van der Waals surface area contributed by atoms with Gasteiger partial charge in [0.1, 0.15) is 12.2 Å². The summed E-state index contributed by atoms with van der Waals surface area (Å²) in [6, 6.07) is 5.97. The Labute approximate surface area is 141 Å². The van der Waals surface area contributed by atoms with Crippen molar-refractivity contribution in [2.75, 3.05) is 11.6 Å². The molecule has 0 saturated heterocycles. The number of hydrogen-bond acceptors (Lipinski definition) is 8. The quantitative estimate of drug-likeness (QED) is 0.637. The van der Waals surface area contributed by atoms with E-state index >= 15 is 0 Å². The third-order valence-corrected chi connectivity index (χ3v) is 5.19. The predicted octanol–water partition coefficient (Wildman–Crippen LogP) is 1.51. The van der Waals surface area contributed by atoms with E-state index in [1.165, 1.54) is 36.0 Å². The van der Waals surface area contributed by atoms with Gasteiger partial charge in [-0.25, -0.2) is 18.4 Å². The summed E-state index contributed by atoms with van der Waals surface area (Å²) >= 11 is 1.19. The van der Waals surface area contributed by atoms with E-state index in [4.69, 9.17) is 0 Å². The third-order valence-electron chi connectivity index (χ3n) is 3.13. The van der Waals surface area contributed by atoms with Gasteiger partial charge >= 0.3 is 0 Å². The first-order valence-electron chi connectivity index (χ1n) is 6.82. The number of anilines is 1. The van der Waals surface area contributed by atoms with Gasteiger partial charge in [-0.1, -0.05) is 23.5 Å². The van der Waals surface area contributed by atoms with Crippen molar-refractivity contribution in [3.8, 4) is 0 Å². The van der Waals surface area contributed by atoms with E-state index in [1.807, 2.05) is 0 Å². The van der Waals surface area contributed by atoms with Gasteiger partial charge in [0.2, 0.25) is 5.78 Å². The Morgan fingerprint density at radius 1 is 1.33 bits per heavy atom. The predicted molar refractivity (Wildman–Crippen MR) is 88.8 cm³/mol. The van der Waals surface area contributed by atoms with Crippen molar-refractivity contribution in [1.82, 2.24) is 20.2 Å². The van der Waals surface area contributed by atoms with Crippen molar-refractivity contribution in [3.63, 3.8) is 0 Å². The number of aromatic nitrogens is 4. The van der Waals surface area contributed by atoms with Crippen LogP contribution in [0.25, 0.3) is 0 Å². The molecule has 8 nitrogen and oxygen atoms in total. The first kappa shape index (κ1) is 16.3. The summed E-state index contributed by atoms with van der Waals surface area (Å²) in [5, 5.41) is 10.1. The van der Waals surface area contributed by atoms with E-state index in [1.54, 1.807) is 12.1 Å². The van der Waals surface area contributed by atoms with Crippen molar-refractivity contribution in [2.24, 2.45) is 0 Å². The minimum Gasteiger partial charge on any atom is -0.354 e. The Balaban J connectivity index is 1.76. The summed E-state index contributed by atoms with van der Waals surface area (Å²) in [6.07, 6.45) is 3.97. The Hall–Kier alpha value is -2.59. The highest BCUT2D eigenvalue weighted by Gasteiger charge is 2.16. The lowest BCUT2D eigenvalue weighted by Gasteiger charge is -2.01. The molecule has 0 aliphatic heterocycles. The minimum atomic E-state index is -3.36. The molecule has 0 radical (unpaired) electrons. The van der Waals surface area contributed by atoms with Crippen molar-refractivity contribution >= 4 is 32.1 Å². The molecule has 0 bridgehead atoms. The highest BCUT2D eigenvalue weighted by atomic mass is 32.2. The second kappa shape index (κ2) is 6.49. The van der Waals surface area contributed by atoms with Crippen LogP contribution in [-0.4, -0.2) is 40.6 Å². The van der Waals surface area contributed by atoms with Crippen LogP contribution in [0.5, 0.6) is 0 Å². The number of rotatable bonds is 6. The van der Waals surface area contributed by atoms with Gasteiger partial charge in [-0.3, -0.25) is 9.89 Å². The number of hydrogen-bond donors (Lipinski definition) is 2. The highest BCUT2D eigenvalue weighted by Crippen LogP contribution is 2.22. The van der Waals surface area contributed by atoms with Crippen molar-refractivity contribution in [1.29, 1.82) is 0 Å². The number of carbonyl (C=O) groups excluding carboxylic acids is 1. The largest absolute Gasteiger partial charge is 0.354 e. The molecule has 2 aromatic heterocycles. The Kier molecular flexibility index (Phi) is 4.40. The zero-order valence-corrected chi connectivity index (χ0v) is 14.2. The molecule has 0 fully saturated rings. The van der Waals surface area contributed by atoms with Crippen LogP contribution in [0.1, 0.15) is 21.1 Å². The molecule has 2 heterocycles. The summed E-state index contributed by atoms with van der Waals surface area (Å²) in [4.78, 5) is 21.1. The van der Waals surface area contributed by atoms with Crippen LogP contribution in [0, 0.1) is 0 Å². The van der Waals surface area contributed by atoms with E-state index in [-0.39, 0.29) is 10.7 Å². The lowest BCUT2D eigenvalue weighted by molar-refractivity contribution is 0.104. The number of H-pyrrole nitrogens is 1. The zero-order chi connectivity index (χ0) is 17.2. The molecule has 0 aliphatic carbocycles. The number of aromatic amines is 1. The fraction of sp³-hybridized carbons (Fsp3) is 0.143. The molecule has 0 amide bonds. The molecule has 0 unspecified atom stereocenters. The molecule has 3 rings (SSSR count). The third kappa shape index (κ3) is 3.66. The molecule has 0 spiro atoms. The second-order valence-electron chi connectivity index (χ2n) is 4.94. The van der Waals surface area contributed by atoms with Crippen LogP contribution in [0.3, 0.4) is 0 Å². The molecule has 24 heavy (non-hydrogen) atoms. The number of ketones is 1. The van der Waals surface area contributed by atoms with Crippen LogP contribution < -0.4 is 5.32 Å². The van der Waals surface area contributed by atoms with Gasteiger partial charge in [0.05, 0.1) is 22.5 Å². The molecule has 2 N–H and O–H groups in total. The molecule has 0 atom stereocenters. The van der Waals surface area contributed by atoms with E-state index in [2.05, 4.69) is 25.5 Å². The Bertz CT molecular complexity index is 964. The van der Waals surface area contributed by atoms with Crippen molar-refractivity contribution in [3.05, 3.63) is 53.1 Å². The van der Waals surface area contributed by atoms with Crippen LogP contribution in [0.15, 0.2) is 41.7 Å². The number of nitrogens with one attached hydrogen (secondary N) is 2. The molecule has 1 aromatic carbocycles. The van der Waals surface area contributed by atoms with E-state index in [0.29, 0.717) is 27.9 Å². The number of nitrogens with zero attached hydrogens (tertiary/aromatic N) is 3. The lowest BCUT2D eigenvalue weighted by Crippen LogP contribution is -2.02. The monoisotopic (exact) mass is 363 g/mol. The van der Waals surface area contributed by atoms with Gasteiger partial charge in [0, 0.05) is 11.8 Å². The van der Waals surface area contributed by atoms with Crippen LogP contribution in [0.2, 0.25) is 0 Å². The second-order valence-corrected chi connectivity index (χ2v) is 7.99. The average molecular weight is 363 g/mol. The average Bonchev–Trinajstić information content (AvgIpc) is 3.23. The Morgan fingerprint density at radius 3 is 2.88 bits per heavy atom. The first-order chi connectivity index (χ1) is 11.4. The van der Waals surface area contributed by atoms with E-state index < -0.39 is 9.84 Å². The Morgan fingerprint density at radius 2 is 2.17 bits per heavy atom. The fourth-order valence-electron chi connectivity index (χ4n) is 1.95. The number of sulfone groups is 1. The molecular weight excluding hydrogens is 350 g/mol. The normalized spacial score (nSPS) is 11.4. The number of carbonyl (C=O) groups is 1. The maximum Gasteiger partial charge on any atom is 0.204 e. The molecular formula is C14H13N5O3S2. The van der Waals surface area contributed by atoms with Gasteiger partial charge < -0.3 is 5.32 Å². The van der Waals surface area contributed by atoms with Crippen LogP contribution in [0.4, 0.5) is 5.13 Å². The molecule has 10 heteroatoms.